The van der Waals surface area contributed by atoms with Crippen molar-refractivity contribution in [2.45, 2.75) is 13.8 Å². The van der Waals surface area contributed by atoms with Gasteiger partial charge in [0.2, 0.25) is 0 Å². The highest BCUT2D eigenvalue weighted by atomic mass is 16.6. The third-order valence-electron chi connectivity index (χ3n) is 3.42. The summed E-state index contributed by atoms with van der Waals surface area (Å²) in [7, 11) is 0. The van der Waals surface area contributed by atoms with Gasteiger partial charge in [-0.1, -0.05) is 12.1 Å². The topological polar surface area (TPSA) is 108 Å². The van der Waals surface area contributed by atoms with E-state index in [9.17, 15) is 19.7 Å². The molecule has 0 aliphatic rings. The van der Waals surface area contributed by atoms with E-state index in [1.807, 2.05) is 0 Å². The molecule has 8 nitrogen and oxygen atoms in total. The minimum absolute atomic E-state index is 0.117. The first-order valence-electron chi connectivity index (χ1n) is 7.85. The van der Waals surface area contributed by atoms with Gasteiger partial charge in [-0.05, 0) is 37.6 Å². The minimum Gasteiger partial charge on any atom is -0.484 e. The van der Waals surface area contributed by atoms with Crippen LogP contribution in [0, 0.1) is 17.0 Å². The second-order valence-corrected chi connectivity index (χ2v) is 5.34. The van der Waals surface area contributed by atoms with Gasteiger partial charge < -0.3 is 14.8 Å². The van der Waals surface area contributed by atoms with Gasteiger partial charge >= 0.3 is 5.97 Å². The number of aryl methyl sites for hydroxylation is 1. The Morgan fingerprint density at radius 3 is 2.65 bits per heavy atom. The number of rotatable bonds is 7. The van der Waals surface area contributed by atoms with E-state index in [0.29, 0.717) is 22.6 Å². The second-order valence-electron chi connectivity index (χ2n) is 5.34. The number of nitro benzene ring substituents is 1. The summed E-state index contributed by atoms with van der Waals surface area (Å²) < 4.78 is 10.3. The monoisotopic (exact) mass is 358 g/mol. The van der Waals surface area contributed by atoms with Crippen LogP contribution in [-0.4, -0.2) is 30.0 Å². The Labute approximate surface area is 149 Å². The lowest BCUT2D eigenvalue weighted by atomic mass is 10.2. The summed E-state index contributed by atoms with van der Waals surface area (Å²) in [4.78, 5) is 34.0. The summed E-state index contributed by atoms with van der Waals surface area (Å²) in [6.45, 7) is 3.38. The molecule has 2 aromatic carbocycles. The molecule has 1 N–H and O–H groups in total. The Kier molecular flexibility index (Phi) is 6.26. The first kappa shape index (κ1) is 18.9. The van der Waals surface area contributed by atoms with Crippen LogP contribution in [0.15, 0.2) is 42.5 Å². The van der Waals surface area contributed by atoms with Gasteiger partial charge in [-0.15, -0.1) is 0 Å². The van der Waals surface area contributed by atoms with E-state index >= 15 is 0 Å². The van der Waals surface area contributed by atoms with Crippen LogP contribution in [-0.2, 0) is 9.53 Å². The molecule has 8 heteroatoms. The zero-order chi connectivity index (χ0) is 19.1. The van der Waals surface area contributed by atoms with Crippen molar-refractivity contribution in [2.24, 2.45) is 0 Å². The third-order valence-corrected chi connectivity index (χ3v) is 3.42. The molecule has 0 fully saturated rings. The molecule has 0 radical (unpaired) electrons. The zero-order valence-electron chi connectivity index (χ0n) is 14.4. The summed E-state index contributed by atoms with van der Waals surface area (Å²) in [5.41, 5.74) is 1.23. The summed E-state index contributed by atoms with van der Waals surface area (Å²) in [5.74, 6) is -0.619. The van der Waals surface area contributed by atoms with Gasteiger partial charge in [-0.25, -0.2) is 4.79 Å². The number of amides is 1. The van der Waals surface area contributed by atoms with E-state index in [1.54, 1.807) is 38.1 Å². The molecule has 2 aromatic rings. The highest BCUT2D eigenvalue weighted by Crippen LogP contribution is 2.22. The largest absolute Gasteiger partial charge is 0.484 e. The van der Waals surface area contributed by atoms with E-state index in [4.69, 9.17) is 9.47 Å². The summed E-state index contributed by atoms with van der Waals surface area (Å²) in [6.07, 6.45) is 0. The number of ether oxygens (including phenoxy) is 2. The molecule has 0 atom stereocenters. The van der Waals surface area contributed by atoms with Gasteiger partial charge in [0.1, 0.15) is 5.75 Å². The van der Waals surface area contributed by atoms with E-state index < -0.39 is 16.8 Å². The number of esters is 1. The van der Waals surface area contributed by atoms with E-state index in [1.165, 1.54) is 18.2 Å². The SMILES string of the molecule is CCOC(=O)c1cccc(OCC(=O)Nc2cc([N+](=O)[O-])ccc2C)c1. The predicted octanol–water partition coefficient (Wildman–Crippen LogP) is 3.10. The molecule has 136 valence electrons. The van der Waals surface area contributed by atoms with E-state index in [-0.39, 0.29) is 18.9 Å². The van der Waals surface area contributed by atoms with Gasteiger partial charge in [-0.3, -0.25) is 14.9 Å². The number of carbonyl (C=O) groups excluding carboxylic acids is 2. The molecule has 0 saturated carbocycles. The molecular formula is C18H18N2O6. The Morgan fingerprint density at radius 1 is 1.19 bits per heavy atom. The maximum Gasteiger partial charge on any atom is 0.338 e. The van der Waals surface area contributed by atoms with Crippen molar-refractivity contribution in [2.75, 3.05) is 18.5 Å². The molecule has 1 amide bonds. The Morgan fingerprint density at radius 2 is 1.96 bits per heavy atom. The Hall–Kier alpha value is -3.42. The molecule has 0 unspecified atom stereocenters. The quantitative estimate of drug-likeness (QED) is 0.463. The maximum atomic E-state index is 12.0. The number of hydrogen-bond donors (Lipinski definition) is 1. The van der Waals surface area contributed by atoms with Gasteiger partial charge in [0.25, 0.3) is 11.6 Å². The minimum atomic E-state index is -0.535. The highest BCUT2D eigenvalue weighted by molar-refractivity contribution is 5.93. The first-order valence-corrected chi connectivity index (χ1v) is 7.85. The van der Waals surface area contributed by atoms with Crippen LogP contribution in [0.4, 0.5) is 11.4 Å². The number of non-ortho nitro benzene ring substituents is 1. The fourth-order valence-corrected chi connectivity index (χ4v) is 2.12. The molecule has 0 saturated heterocycles. The molecule has 0 aromatic heterocycles. The van der Waals surface area contributed by atoms with E-state index in [0.717, 1.165) is 0 Å². The molecular weight excluding hydrogens is 340 g/mol. The van der Waals surface area contributed by atoms with Gasteiger partial charge in [0.05, 0.1) is 22.8 Å². The molecule has 0 aliphatic heterocycles. The summed E-state index contributed by atoms with van der Waals surface area (Å²) in [6, 6.07) is 10.5. The van der Waals surface area contributed by atoms with Crippen molar-refractivity contribution >= 4 is 23.3 Å². The molecule has 2 rings (SSSR count). The number of anilines is 1. The number of nitro groups is 1. The molecule has 0 heterocycles. The summed E-state index contributed by atoms with van der Waals surface area (Å²) >= 11 is 0. The normalized spacial score (nSPS) is 10.1. The van der Waals surface area contributed by atoms with Crippen molar-refractivity contribution in [3.8, 4) is 5.75 Å². The van der Waals surface area contributed by atoms with Crippen molar-refractivity contribution < 1.29 is 24.0 Å². The van der Waals surface area contributed by atoms with E-state index in [2.05, 4.69) is 5.32 Å². The lowest BCUT2D eigenvalue weighted by molar-refractivity contribution is -0.384. The van der Waals surface area contributed by atoms with Crippen LogP contribution < -0.4 is 10.1 Å². The first-order chi connectivity index (χ1) is 12.4. The van der Waals surface area contributed by atoms with Gasteiger partial charge in [-0.2, -0.15) is 0 Å². The maximum absolute atomic E-state index is 12.0. The zero-order valence-corrected chi connectivity index (χ0v) is 14.4. The van der Waals surface area contributed by atoms with Crippen LogP contribution in [0.25, 0.3) is 0 Å². The number of carbonyl (C=O) groups is 2. The molecule has 0 bridgehead atoms. The molecule has 26 heavy (non-hydrogen) atoms. The molecule has 0 spiro atoms. The molecule has 0 aliphatic carbocycles. The number of nitrogens with zero attached hydrogens (tertiary/aromatic N) is 1. The lowest BCUT2D eigenvalue weighted by Crippen LogP contribution is -2.20. The smallest absolute Gasteiger partial charge is 0.338 e. The van der Waals surface area contributed by atoms with Crippen molar-refractivity contribution in [3.63, 3.8) is 0 Å². The van der Waals surface area contributed by atoms with Gasteiger partial charge in [0.15, 0.2) is 6.61 Å². The van der Waals surface area contributed by atoms with Gasteiger partial charge in [0, 0.05) is 12.1 Å². The van der Waals surface area contributed by atoms with Crippen LogP contribution in [0.3, 0.4) is 0 Å². The predicted molar refractivity (Wildman–Crippen MR) is 94.4 cm³/mol. The average molecular weight is 358 g/mol. The standard InChI is InChI=1S/C18H18N2O6/c1-3-25-18(22)13-5-4-6-15(9-13)26-11-17(21)19-16-10-14(20(23)24)8-7-12(16)2/h4-10H,3,11H2,1-2H3,(H,19,21). The average Bonchev–Trinajstić information content (AvgIpc) is 2.62. The fraction of sp³-hybridized carbons (Fsp3) is 0.222. The highest BCUT2D eigenvalue weighted by Gasteiger charge is 2.12. The third kappa shape index (κ3) is 5.04. The van der Waals surface area contributed by atoms with Crippen molar-refractivity contribution in [1.29, 1.82) is 0 Å². The van der Waals surface area contributed by atoms with Crippen molar-refractivity contribution in [1.82, 2.24) is 0 Å². The number of benzene rings is 2. The van der Waals surface area contributed by atoms with Crippen LogP contribution in [0.1, 0.15) is 22.8 Å². The Balaban J connectivity index is 1.99. The van der Waals surface area contributed by atoms with Crippen molar-refractivity contribution in [3.05, 3.63) is 63.7 Å². The Bertz CT molecular complexity index is 834. The fourth-order valence-electron chi connectivity index (χ4n) is 2.12. The number of nitrogens with one attached hydrogen (secondary N) is 1. The second kappa shape index (κ2) is 8.61. The van der Waals surface area contributed by atoms with Crippen LogP contribution in [0.2, 0.25) is 0 Å². The lowest BCUT2D eigenvalue weighted by Gasteiger charge is -2.10. The summed E-state index contributed by atoms with van der Waals surface area (Å²) in [5, 5.41) is 13.4. The van der Waals surface area contributed by atoms with Crippen LogP contribution >= 0.6 is 0 Å². The van der Waals surface area contributed by atoms with Crippen LogP contribution in [0.5, 0.6) is 5.75 Å². The number of hydrogen-bond acceptors (Lipinski definition) is 6.